The summed E-state index contributed by atoms with van der Waals surface area (Å²) in [6, 6.07) is 8.06. The van der Waals surface area contributed by atoms with Gasteiger partial charge in [0.2, 0.25) is 5.91 Å². The van der Waals surface area contributed by atoms with E-state index in [4.69, 9.17) is 0 Å². The first kappa shape index (κ1) is 10.4. The maximum atomic E-state index is 12.0. The van der Waals surface area contributed by atoms with E-state index in [1.54, 1.807) is 0 Å². The number of fused-ring (bicyclic) bond motifs is 1. The topological polar surface area (TPSA) is 44.9 Å². The van der Waals surface area contributed by atoms with E-state index < -0.39 is 0 Å². The van der Waals surface area contributed by atoms with Crippen molar-refractivity contribution in [2.75, 3.05) is 5.32 Å². The highest BCUT2D eigenvalue weighted by Crippen LogP contribution is 2.31. The third-order valence-electron chi connectivity index (χ3n) is 3.62. The number of hydrogen-bond donors (Lipinski definition) is 2. The predicted octanol–water partition coefficient (Wildman–Crippen LogP) is 3.21. The lowest BCUT2D eigenvalue weighted by molar-refractivity contribution is -0.122. The number of benzene rings is 1. The number of nitrogens with one attached hydrogen (secondary N) is 2. The molecule has 1 amide bonds. The quantitative estimate of drug-likeness (QED) is 0.814. The van der Waals surface area contributed by atoms with Crippen LogP contribution in [0.15, 0.2) is 24.3 Å². The number of aromatic nitrogens is 1. The van der Waals surface area contributed by atoms with Gasteiger partial charge < -0.3 is 10.3 Å². The molecule has 0 aliphatic heterocycles. The number of carbonyl (C=O) groups excluding carboxylic acids is 1. The molecule has 1 aliphatic rings. The number of anilines is 1. The van der Waals surface area contributed by atoms with E-state index in [-0.39, 0.29) is 11.8 Å². The minimum atomic E-state index is 0.170. The number of aryl methyl sites for hydroxylation is 1. The molecule has 1 saturated carbocycles. The van der Waals surface area contributed by atoms with Crippen molar-refractivity contribution in [1.82, 2.24) is 4.98 Å². The molecule has 2 aromatic rings. The molecular formula is C14H16N2O. The summed E-state index contributed by atoms with van der Waals surface area (Å²) in [7, 11) is 0. The average Bonchev–Trinajstić information content (AvgIpc) is 2.53. The van der Waals surface area contributed by atoms with Gasteiger partial charge >= 0.3 is 0 Å². The van der Waals surface area contributed by atoms with E-state index in [0.29, 0.717) is 0 Å². The SMILES string of the molecule is Cc1[nH]c2ccccc2c1NC(=O)C1CCC1. The fourth-order valence-electron chi connectivity index (χ4n) is 2.33. The zero-order valence-electron chi connectivity index (χ0n) is 9.92. The standard InChI is InChI=1S/C14H16N2O/c1-9-13(16-14(17)10-5-4-6-10)11-7-2-3-8-12(11)15-9/h2-3,7-8,10,15H,4-6H2,1H3,(H,16,17). The Morgan fingerprint density at radius 3 is 2.82 bits per heavy atom. The molecule has 1 fully saturated rings. The van der Waals surface area contributed by atoms with Gasteiger partial charge in [-0.1, -0.05) is 24.6 Å². The first-order valence-corrected chi connectivity index (χ1v) is 6.14. The first-order chi connectivity index (χ1) is 8.25. The smallest absolute Gasteiger partial charge is 0.227 e. The van der Waals surface area contributed by atoms with E-state index in [0.717, 1.165) is 35.1 Å². The van der Waals surface area contributed by atoms with Crippen LogP contribution in [-0.2, 0) is 4.79 Å². The van der Waals surface area contributed by atoms with Crippen molar-refractivity contribution in [1.29, 1.82) is 0 Å². The van der Waals surface area contributed by atoms with Gasteiger partial charge in [0.05, 0.1) is 5.69 Å². The normalized spacial score (nSPS) is 15.8. The molecule has 0 atom stereocenters. The molecule has 1 heterocycles. The Labute approximate surface area is 100 Å². The third kappa shape index (κ3) is 1.71. The second-order valence-electron chi connectivity index (χ2n) is 4.79. The molecule has 1 aliphatic carbocycles. The van der Waals surface area contributed by atoms with Crippen LogP contribution in [0, 0.1) is 12.8 Å². The Bertz CT molecular complexity index is 567. The van der Waals surface area contributed by atoms with Crippen molar-refractivity contribution in [3.63, 3.8) is 0 Å². The van der Waals surface area contributed by atoms with Crippen LogP contribution in [0.4, 0.5) is 5.69 Å². The van der Waals surface area contributed by atoms with Gasteiger partial charge in [0.25, 0.3) is 0 Å². The van der Waals surface area contributed by atoms with Gasteiger partial charge in [0, 0.05) is 22.5 Å². The number of rotatable bonds is 2. The molecule has 2 N–H and O–H groups in total. The van der Waals surface area contributed by atoms with Crippen LogP contribution < -0.4 is 5.32 Å². The average molecular weight is 228 g/mol. The molecule has 3 heteroatoms. The van der Waals surface area contributed by atoms with Gasteiger partial charge in [0.15, 0.2) is 0 Å². The van der Waals surface area contributed by atoms with Gasteiger partial charge in [0.1, 0.15) is 0 Å². The number of H-pyrrole nitrogens is 1. The Kier molecular flexibility index (Phi) is 2.39. The fourth-order valence-corrected chi connectivity index (χ4v) is 2.33. The lowest BCUT2D eigenvalue weighted by Gasteiger charge is -2.24. The van der Waals surface area contributed by atoms with Gasteiger partial charge in [-0.3, -0.25) is 4.79 Å². The summed E-state index contributed by atoms with van der Waals surface area (Å²) in [4.78, 5) is 15.3. The zero-order chi connectivity index (χ0) is 11.8. The number of hydrogen-bond acceptors (Lipinski definition) is 1. The number of aromatic amines is 1. The summed E-state index contributed by atoms with van der Waals surface area (Å²) < 4.78 is 0. The molecule has 0 saturated heterocycles. The molecule has 0 bridgehead atoms. The van der Waals surface area contributed by atoms with E-state index in [9.17, 15) is 4.79 Å². The van der Waals surface area contributed by atoms with E-state index in [1.807, 2.05) is 31.2 Å². The predicted molar refractivity (Wildman–Crippen MR) is 69.0 cm³/mol. The molecule has 1 aromatic heterocycles. The van der Waals surface area contributed by atoms with Gasteiger partial charge in [-0.05, 0) is 25.8 Å². The minimum absolute atomic E-state index is 0.170. The van der Waals surface area contributed by atoms with Crippen molar-refractivity contribution in [3.05, 3.63) is 30.0 Å². The Morgan fingerprint density at radius 2 is 2.12 bits per heavy atom. The Hall–Kier alpha value is -1.77. The highest BCUT2D eigenvalue weighted by Gasteiger charge is 2.26. The Morgan fingerprint density at radius 1 is 1.35 bits per heavy atom. The van der Waals surface area contributed by atoms with Crippen LogP contribution in [0.2, 0.25) is 0 Å². The van der Waals surface area contributed by atoms with Gasteiger partial charge in [-0.2, -0.15) is 0 Å². The number of para-hydroxylation sites is 1. The van der Waals surface area contributed by atoms with Gasteiger partial charge in [-0.25, -0.2) is 0 Å². The molecule has 3 rings (SSSR count). The first-order valence-electron chi connectivity index (χ1n) is 6.14. The molecule has 0 unspecified atom stereocenters. The lowest BCUT2D eigenvalue weighted by Crippen LogP contribution is -2.28. The molecule has 88 valence electrons. The second kappa shape index (κ2) is 3.91. The summed E-state index contributed by atoms with van der Waals surface area (Å²) in [5.41, 5.74) is 3.05. The maximum absolute atomic E-state index is 12.0. The summed E-state index contributed by atoms with van der Waals surface area (Å²) in [5, 5.41) is 4.16. The second-order valence-corrected chi connectivity index (χ2v) is 4.79. The van der Waals surface area contributed by atoms with E-state index in [1.165, 1.54) is 6.42 Å². The molecular weight excluding hydrogens is 212 g/mol. The molecule has 1 aromatic carbocycles. The largest absolute Gasteiger partial charge is 0.357 e. The van der Waals surface area contributed by atoms with Crippen LogP contribution in [-0.4, -0.2) is 10.9 Å². The van der Waals surface area contributed by atoms with Crippen LogP contribution in [0.5, 0.6) is 0 Å². The zero-order valence-corrected chi connectivity index (χ0v) is 9.92. The van der Waals surface area contributed by atoms with Crippen molar-refractivity contribution in [2.45, 2.75) is 26.2 Å². The van der Waals surface area contributed by atoms with Crippen molar-refractivity contribution < 1.29 is 4.79 Å². The van der Waals surface area contributed by atoms with Crippen LogP contribution >= 0.6 is 0 Å². The summed E-state index contributed by atoms with van der Waals surface area (Å²) in [5.74, 6) is 0.396. The van der Waals surface area contributed by atoms with Crippen LogP contribution in [0.3, 0.4) is 0 Å². The highest BCUT2D eigenvalue weighted by molar-refractivity contribution is 6.03. The maximum Gasteiger partial charge on any atom is 0.227 e. The van der Waals surface area contributed by atoms with Crippen molar-refractivity contribution in [2.24, 2.45) is 5.92 Å². The summed E-state index contributed by atoms with van der Waals surface area (Å²) in [6.45, 7) is 2.00. The summed E-state index contributed by atoms with van der Waals surface area (Å²) in [6.07, 6.45) is 3.26. The van der Waals surface area contributed by atoms with Crippen molar-refractivity contribution in [3.8, 4) is 0 Å². The van der Waals surface area contributed by atoms with Gasteiger partial charge in [-0.15, -0.1) is 0 Å². The third-order valence-corrected chi connectivity index (χ3v) is 3.62. The molecule has 3 nitrogen and oxygen atoms in total. The molecule has 0 spiro atoms. The minimum Gasteiger partial charge on any atom is -0.357 e. The van der Waals surface area contributed by atoms with Crippen LogP contribution in [0.1, 0.15) is 25.0 Å². The summed E-state index contributed by atoms with van der Waals surface area (Å²) >= 11 is 0. The van der Waals surface area contributed by atoms with E-state index in [2.05, 4.69) is 10.3 Å². The Balaban J connectivity index is 1.93. The molecule has 0 radical (unpaired) electrons. The molecule has 17 heavy (non-hydrogen) atoms. The number of amides is 1. The fraction of sp³-hybridized carbons (Fsp3) is 0.357. The van der Waals surface area contributed by atoms with Crippen molar-refractivity contribution >= 4 is 22.5 Å². The number of carbonyl (C=O) groups is 1. The monoisotopic (exact) mass is 228 g/mol. The highest BCUT2D eigenvalue weighted by atomic mass is 16.1. The lowest BCUT2D eigenvalue weighted by atomic mass is 9.85. The van der Waals surface area contributed by atoms with Crippen LogP contribution in [0.25, 0.3) is 10.9 Å². The van der Waals surface area contributed by atoms with E-state index >= 15 is 0 Å².